The summed E-state index contributed by atoms with van der Waals surface area (Å²) in [6.45, 7) is 4.86. The van der Waals surface area contributed by atoms with Crippen LogP contribution in [-0.4, -0.2) is 42.9 Å². The minimum atomic E-state index is -0.491. The lowest BCUT2D eigenvalue weighted by Gasteiger charge is -2.25. The number of quaternary nitrogens is 1. The molecule has 0 fully saturated rings. The van der Waals surface area contributed by atoms with Gasteiger partial charge in [-0.05, 0) is 26.7 Å². The van der Waals surface area contributed by atoms with Gasteiger partial charge in [0.25, 0.3) is 0 Å². The van der Waals surface area contributed by atoms with Gasteiger partial charge in [-0.15, -0.1) is 0 Å². The highest BCUT2D eigenvalue weighted by Crippen LogP contribution is 2.11. The van der Waals surface area contributed by atoms with Crippen molar-refractivity contribution in [3.05, 3.63) is 0 Å². The highest BCUT2D eigenvalue weighted by Gasteiger charge is 2.14. The van der Waals surface area contributed by atoms with Crippen molar-refractivity contribution in [3.63, 3.8) is 0 Å². The fraction of sp³-hybridized carbons (Fsp3) is 1.00. The maximum atomic E-state index is 9.41. The molecule has 0 aliphatic carbocycles. The third kappa shape index (κ3) is 12.8. The molecule has 0 radical (unpaired) electrons. The summed E-state index contributed by atoms with van der Waals surface area (Å²) in [5.41, 5.74) is -0.491. The number of nitrogens with zero attached hydrogens (tertiary/aromatic N) is 1. The highest BCUT2D eigenvalue weighted by molar-refractivity contribution is 4.63. The van der Waals surface area contributed by atoms with Gasteiger partial charge in [0, 0.05) is 0 Å². The molecule has 0 unspecified atom stereocenters. The highest BCUT2D eigenvalue weighted by atomic mass is 35.5. The predicted octanol–water partition coefficient (Wildman–Crippen LogP) is -1.75. The van der Waals surface area contributed by atoms with Crippen LogP contribution in [0.5, 0.6) is 0 Å². The van der Waals surface area contributed by atoms with Gasteiger partial charge in [0.05, 0.1) is 33.3 Å². The molecule has 0 aromatic carbocycles. The van der Waals surface area contributed by atoms with Crippen LogP contribution in [0.3, 0.4) is 0 Å². The van der Waals surface area contributed by atoms with E-state index in [0.29, 0.717) is 0 Å². The first-order valence-corrected chi connectivity index (χ1v) is 4.24. The number of halogens is 1. The van der Waals surface area contributed by atoms with Crippen LogP contribution in [0.2, 0.25) is 0 Å². The Hall–Kier alpha value is 0.210. The number of rotatable bonds is 4. The molecule has 0 saturated heterocycles. The van der Waals surface area contributed by atoms with E-state index in [-0.39, 0.29) is 12.4 Å². The van der Waals surface area contributed by atoms with E-state index in [9.17, 15) is 5.11 Å². The van der Waals surface area contributed by atoms with Crippen LogP contribution in [0, 0.1) is 0 Å². The molecule has 0 saturated carbocycles. The molecule has 0 aliphatic rings. The van der Waals surface area contributed by atoms with E-state index in [1.807, 2.05) is 13.8 Å². The number of aliphatic hydroxyl groups is 1. The van der Waals surface area contributed by atoms with Gasteiger partial charge in [-0.1, -0.05) is 0 Å². The van der Waals surface area contributed by atoms with Gasteiger partial charge in [0.15, 0.2) is 0 Å². The number of hydrogen-bond acceptors (Lipinski definition) is 1. The van der Waals surface area contributed by atoms with Crippen molar-refractivity contribution < 1.29 is 22.0 Å². The molecule has 0 rings (SSSR count). The van der Waals surface area contributed by atoms with E-state index in [4.69, 9.17) is 0 Å². The maximum Gasteiger partial charge on any atom is 0.0781 e. The maximum absolute atomic E-state index is 9.41. The fourth-order valence-electron chi connectivity index (χ4n) is 0.986. The fourth-order valence-corrected chi connectivity index (χ4v) is 0.986. The van der Waals surface area contributed by atoms with Crippen LogP contribution >= 0.6 is 0 Å². The average Bonchev–Trinajstić information content (AvgIpc) is 1.55. The second kappa shape index (κ2) is 5.05. The zero-order valence-electron chi connectivity index (χ0n) is 8.89. The van der Waals surface area contributed by atoms with Crippen molar-refractivity contribution in [1.82, 2.24) is 0 Å². The van der Waals surface area contributed by atoms with E-state index in [1.54, 1.807) is 0 Å². The summed E-state index contributed by atoms with van der Waals surface area (Å²) in [5.74, 6) is 0. The van der Waals surface area contributed by atoms with Crippen molar-refractivity contribution in [2.45, 2.75) is 32.3 Å². The molecule has 0 amide bonds. The normalized spacial score (nSPS) is 12.5. The molecule has 0 bridgehead atoms. The first kappa shape index (κ1) is 14.7. The Morgan fingerprint density at radius 2 is 1.58 bits per heavy atom. The molecule has 1 N–H and O–H groups in total. The van der Waals surface area contributed by atoms with Crippen LogP contribution in [0.1, 0.15) is 26.7 Å². The molecule has 12 heavy (non-hydrogen) atoms. The second-order valence-corrected chi connectivity index (χ2v) is 4.93. The lowest BCUT2D eigenvalue weighted by molar-refractivity contribution is -0.870. The van der Waals surface area contributed by atoms with Crippen LogP contribution in [-0.2, 0) is 0 Å². The minimum Gasteiger partial charge on any atom is -1.00 e. The molecule has 76 valence electrons. The quantitative estimate of drug-likeness (QED) is 0.528. The molecular weight excluding hydrogens is 174 g/mol. The third-order valence-electron chi connectivity index (χ3n) is 1.62. The van der Waals surface area contributed by atoms with E-state index in [2.05, 4.69) is 21.1 Å². The zero-order chi connectivity index (χ0) is 9.12. The molecule has 0 aliphatic heterocycles. The molecule has 0 atom stereocenters. The van der Waals surface area contributed by atoms with Crippen LogP contribution < -0.4 is 12.4 Å². The van der Waals surface area contributed by atoms with Crippen molar-refractivity contribution in [3.8, 4) is 0 Å². The molecule has 0 spiro atoms. The Balaban J connectivity index is 0. The van der Waals surface area contributed by atoms with Crippen molar-refractivity contribution in [2.75, 3.05) is 27.7 Å². The predicted molar refractivity (Wildman–Crippen MR) is 48.4 cm³/mol. The lowest BCUT2D eigenvalue weighted by atomic mass is 10.0. The Kier molecular flexibility index (Phi) is 6.20. The van der Waals surface area contributed by atoms with Gasteiger partial charge < -0.3 is 22.0 Å². The number of hydrogen-bond donors (Lipinski definition) is 1. The van der Waals surface area contributed by atoms with Crippen molar-refractivity contribution in [2.24, 2.45) is 0 Å². The first-order chi connectivity index (χ1) is 4.71. The smallest absolute Gasteiger partial charge is 0.0781 e. The van der Waals surface area contributed by atoms with Crippen molar-refractivity contribution in [1.29, 1.82) is 0 Å². The SMILES string of the molecule is CC(C)(O)CCC[N+](C)(C)C.[Cl-]. The summed E-state index contributed by atoms with van der Waals surface area (Å²) in [7, 11) is 6.51. The molecular formula is C9H22ClNO. The monoisotopic (exact) mass is 195 g/mol. The van der Waals surface area contributed by atoms with Crippen molar-refractivity contribution >= 4 is 0 Å². The summed E-state index contributed by atoms with van der Waals surface area (Å²) in [5, 5.41) is 9.41. The van der Waals surface area contributed by atoms with E-state index in [1.165, 1.54) is 0 Å². The molecule has 0 aromatic rings. The summed E-state index contributed by atoms with van der Waals surface area (Å²) < 4.78 is 0.982. The second-order valence-electron chi connectivity index (χ2n) is 4.93. The van der Waals surface area contributed by atoms with E-state index in [0.717, 1.165) is 23.9 Å². The van der Waals surface area contributed by atoms with Gasteiger partial charge in [-0.2, -0.15) is 0 Å². The lowest BCUT2D eigenvalue weighted by Crippen LogP contribution is -3.00. The van der Waals surface area contributed by atoms with Gasteiger partial charge in [0.2, 0.25) is 0 Å². The van der Waals surface area contributed by atoms with Crippen LogP contribution in [0.4, 0.5) is 0 Å². The van der Waals surface area contributed by atoms with Crippen LogP contribution in [0.25, 0.3) is 0 Å². The summed E-state index contributed by atoms with van der Waals surface area (Å²) in [4.78, 5) is 0. The average molecular weight is 196 g/mol. The minimum absolute atomic E-state index is 0. The largest absolute Gasteiger partial charge is 1.00 e. The van der Waals surface area contributed by atoms with E-state index < -0.39 is 5.60 Å². The Labute approximate surface area is 82.6 Å². The Morgan fingerprint density at radius 3 is 1.83 bits per heavy atom. The van der Waals surface area contributed by atoms with E-state index >= 15 is 0 Å². The third-order valence-corrected chi connectivity index (χ3v) is 1.62. The summed E-state index contributed by atoms with van der Waals surface area (Å²) in [6, 6.07) is 0. The van der Waals surface area contributed by atoms with Gasteiger partial charge in [-0.25, -0.2) is 0 Å². The molecule has 0 heterocycles. The molecule has 2 nitrogen and oxygen atoms in total. The van der Waals surface area contributed by atoms with Gasteiger partial charge in [0.1, 0.15) is 0 Å². The van der Waals surface area contributed by atoms with Gasteiger partial charge in [-0.3, -0.25) is 0 Å². The standard InChI is InChI=1S/C9H22NO.ClH/c1-9(2,11)7-6-8-10(3,4)5;/h11H,6-8H2,1-5H3;1H/q+1;/p-1. The zero-order valence-corrected chi connectivity index (χ0v) is 9.65. The summed E-state index contributed by atoms with van der Waals surface area (Å²) in [6.07, 6.45) is 1.98. The molecule has 3 heteroatoms. The first-order valence-electron chi connectivity index (χ1n) is 4.24. The Bertz CT molecular complexity index is 98.7. The molecule has 0 aromatic heterocycles. The summed E-state index contributed by atoms with van der Waals surface area (Å²) >= 11 is 0. The van der Waals surface area contributed by atoms with Crippen LogP contribution in [0.15, 0.2) is 0 Å². The topological polar surface area (TPSA) is 20.2 Å². The Morgan fingerprint density at radius 1 is 1.17 bits per heavy atom. The van der Waals surface area contributed by atoms with Gasteiger partial charge >= 0.3 is 0 Å².